The molecule has 2 unspecified atom stereocenters. The Labute approximate surface area is 275 Å². The van der Waals surface area contributed by atoms with E-state index in [1.165, 1.54) is 37.6 Å². The Kier molecular flexibility index (Phi) is 7.91. The van der Waals surface area contributed by atoms with Crippen molar-refractivity contribution in [2.24, 2.45) is 17.8 Å². The SMILES string of the molecule is COC(=O)C1C2CCC(CC2)C1Nc1nc(-c2cn(S(=O)(=O)c3ccc(C)cc3)c3ncc(F)cc23)nc(-c2ccc(C#N)cc2)c1F. The Bertz CT molecular complexity index is 2210. The molecule has 0 aliphatic heterocycles. The molecule has 1 N–H and O–H groups in total. The zero-order valence-electron chi connectivity index (χ0n) is 26.0. The van der Waals surface area contributed by atoms with Crippen LogP contribution >= 0.6 is 0 Å². The maximum atomic E-state index is 16.5. The summed E-state index contributed by atoms with van der Waals surface area (Å²) >= 11 is 0. The molecule has 2 aromatic carbocycles. The fourth-order valence-electron chi connectivity index (χ4n) is 7.09. The van der Waals surface area contributed by atoms with Crippen molar-refractivity contribution in [3.63, 3.8) is 0 Å². The van der Waals surface area contributed by atoms with Crippen LogP contribution in [0.2, 0.25) is 0 Å². The number of esters is 1. The number of fused-ring (bicyclic) bond motifs is 4. The Morgan fingerprint density at radius 1 is 1.02 bits per heavy atom. The Hall–Kier alpha value is -5.22. The van der Waals surface area contributed by atoms with Crippen LogP contribution in [-0.4, -0.2) is 46.5 Å². The van der Waals surface area contributed by atoms with Crippen LogP contribution in [0, 0.1) is 47.6 Å². The van der Waals surface area contributed by atoms with Gasteiger partial charge in [0.25, 0.3) is 10.0 Å². The standard InChI is InChI=1S/C35H30F2N6O4S/c1-19-3-13-25(14-4-19)48(45,46)43-18-27(26-15-24(36)17-39-34(26)43)32-41-31(23-7-5-20(16-38)6-8-23)29(37)33(42-32)40-30-22-11-9-21(10-12-22)28(30)35(44)47-2/h3-8,13-15,17-18,21-22,28,30H,9-12H2,1-2H3,(H,40,41,42). The van der Waals surface area contributed by atoms with E-state index in [-0.39, 0.29) is 56.6 Å². The maximum Gasteiger partial charge on any atom is 0.311 e. The largest absolute Gasteiger partial charge is 0.469 e. The first kappa shape index (κ1) is 31.4. The van der Waals surface area contributed by atoms with Crippen LogP contribution in [-0.2, 0) is 19.6 Å². The van der Waals surface area contributed by atoms with Crippen LogP contribution in [0.5, 0.6) is 0 Å². The number of methoxy groups -OCH3 is 1. The minimum absolute atomic E-state index is 0.00969. The predicted octanol–water partition coefficient (Wildman–Crippen LogP) is 6.25. The fourth-order valence-corrected chi connectivity index (χ4v) is 8.41. The van der Waals surface area contributed by atoms with E-state index in [1.807, 2.05) is 13.0 Å². The molecule has 0 radical (unpaired) electrons. The highest BCUT2D eigenvalue weighted by atomic mass is 32.2. The third-order valence-corrected chi connectivity index (χ3v) is 11.2. The average Bonchev–Trinajstić information content (AvgIpc) is 3.49. The molecule has 0 spiro atoms. The Morgan fingerprint density at radius 3 is 2.38 bits per heavy atom. The molecular formula is C35H30F2N6O4S. The fraction of sp³-hybridized carbons (Fsp3) is 0.286. The van der Waals surface area contributed by atoms with Gasteiger partial charge in [0, 0.05) is 28.8 Å². The second-order valence-electron chi connectivity index (χ2n) is 12.3. The molecule has 3 aromatic heterocycles. The van der Waals surface area contributed by atoms with Crippen molar-refractivity contribution in [2.75, 3.05) is 12.4 Å². The van der Waals surface area contributed by atoms with Gasteiger partial charge in [-0.25, -0.2) is 36.1 Å². The molecule has 3 aliphatic rings. The van der Waals surface area contributed by atoms with E-state index in [1.54, 1.807) is 24.3 Å². The zero-order valence-corrected chi connectivity index (χ0v) is 26.8. The average molecular weight is 669 g/mol. The van der Waals surface area contributed by atoms with Gasteiger partial charge in [-0.1, -0.05) is 29.8 Å². The van der Waals surface area contributed by atoms with Gasteiger partial charge in [0.1, 0.15) is 11.5 Å². The van der Waals surface area contributed by atoms with Crippen LogP contribution in [0.4, 0.5) is 14.6 Å². The lowest BCUT2D eigenvalue weighted by molar-refractivity contribution is -0.152. The third-order valence-electron chi connectivity index (χ3n) is 9.53. The van der Waals surface area contributed by atoms with Crippen LogP contribution in [0.15, 0.2) is 71.9 Å². The first-order valence-corrected chi connectivity index (χ1v) is 16.9. The Balaban J connectivity index is 1.43. The van der Waals surface area contributed by atoms with Crippen molar-refractivity contribution in [1.82, 2.24) is 18.9 Å². The van der Waals surface area contributed by atoms with Gasteiger partial charge in [-0.2, -0.15) is 5.26 Å². The summed E-state index contributed by atoms with van der Waals surface area (Å²) < 4.78 is 65.1. The molecule has 5 aromatic rings. The number of rotatable bonds is 7. The predicted molar refractivity (Wildman–Crippen MR) is 173 cm³/mol. The second kappa shape index (κ2) is 12.1. The lowest BCUT2D eigenvalue weighted by atomic mass is 9.61. The number of nitrogens with one attached hydrogen (secondary N) is 1. The molecule has 3 heterocycles. The number of aryl methyl sites for hydroxylation is 1. The summed E-state index contributed by atoms with van der Waals surface area (Å²) in [5, 5.41) is 12.6. The molecule has 0 saturated heterocycles. The van der Waals surface area contributed by atoms with Gasteiger partial charge in [0.05, 0.1) is 35.8 Å². The zero-order chi connectivity index (χ0) is 33.7. The summed E-state index contributed by atoms with van der Waals surface area (Å²) in [5.74, 6) is -2.57. The van der Waals surface area contributed by atoms with E-state index in [2.05, 4.69) is 20.3 Å². The van der Waals surface area contributed by atoms with Crippen molar-refractivity contribution in [1.29, 1.82) is 5.26 Å². The van der Waals surface area contributed by atoms with Gasteiger partial charge in [0.15, 0.2) is 23.1 Å². The molecule has 48 heavy (non-hydrogen) atoms. The molecule has 2 atom stereocenters. The summed E-state index contributed by atoms with van der Waals surface area (Å²) in [6.07, 6.45) is 5.61. The number of anilines is 1. The smallest absolute Gasteiger partial charge is 0.311 e. The number of nitrogens with zero attached hydrogens (tertiary/aromatic N) is 5. The van der Waals surface area contributed by atoms with Crippen LogP contribution in [0.1, 0.15) is 36.8 Å². The summed E-state index contributed by atoms with van der Waals surface area (Å²) in [4.78, 5) is 26.2. The number of nitriles is 1. The lowest BCUT2D eigenvalue weighted by Gasteiger charge is -2.47. The summed E-state index contributed by atoms with van der Waals surface area (Å²) in [5.41, 5.74) is 1.45. The number of carbonyl (C=O) groups excluding carboxylic acids is 1. The van der Waals surface area contributed by atoms with Crippen molar-refractivity contribution >= 4 is 32.8 Å². The number of aromatic nitrogens is 4. The molecule has 244 valence electrons. The van der Waals surface area contributed by atoms with Gasteiger partial charge >= 0.3 is 5.97 Å². The molecule has 3 fully saturated rings. The minimum Gasteiger partial charge on any atom is -0.469 e. The van der Waals surface area contributed by atoms with Crippen molar-refractivity contribution in [3.8, 4) is 28.7 Å². The second-order valence-corrected chi connectivity index (χ2v) is 14.1. The topological polar surface area (TPSA) is 140 Å². The first-order chi connectivity index (χ1) is 23.1. The summed E-state index contributed by atoms with van der Waals surface area (Å²) in [6.45, 7) is 1.83. The maximum absolute atomic E-state index is 16.5. The van der Waals surface area contributed by atoms with Gasteiger partial charge < -0.3 is 10.1 Å². The van der Waals surface area contributed by atoms with E-state index >= 15 is 4.39 Å². The molecule has 13 heteroatoms. The van der Waals surface area contributed by atoms with E-state index in [0.717, 1.165) is 47.5 Å². The van der Waals surface area contributed by atoms with E-state index in [9.17, 15) is 22.9 Å². The monoisotopic (exact) mass is 668 g/mol. The van der Waals surface area contributed by atoms with E-state index < -0.39 is 33.6 Å². The van der Waals surface area contributed by atoms with Crippen molar-refractivity contribution < 1.29 is 26.7 Å². The van der Waals surface area contributed by atoms with Crippen molar-refractivity contribution in [2.45, 2.75) is 43.5 Å². The highest BCUT2D eigenvalue weighted by molar-refractivity contribution is 7.90. The lowest BCUT2D eigenvalue weighted by Crippen LogP contribution is -2.52. The number of halogens is 2. The molecular weight excluding hydrogens is 638 g/mol. The third kappa shape index (κ3) is 5.35. The first-order valence-electron chi connectivity index (χ1n) is 15.5. The number of carbonyl (C=O) groups is 1. The Morgan fingerprint density at radius 2 is 1.71 bits per heavy atom. The van der Waals surface area contributed by atoms with Crippen LogP contribution in [0.25, 0.3) is 33.7 Å². The quantitative estimate of drug-likeness (QED) is 0.200. The highest BCUT2D eigenvalue weighted by Crippen LogP contribution is 2.47. The molecule has 8 rings (SSSR count). The highest BCUT2D eigenvalue weighted by Gasteiger charge is 2.48. The number of pyridine rings is 1. The molecule has 10 nitrogen and oxygen atoms in total. The van der Waals surface area contributed by atoms with Gasteiger partial charge in [-0.3, -0.25) is 4.79 Å². The summed E-state index contributed by atoms with van der Waals surface area (Å²) in [7, 11) is -2.88. The molecule has 0 amide bonds. The molecule has 3 aliphatic carbocycles. The normalized spacial score (nSPS) is 20.4. The number of hydrogen-bond donors (Lipinski definition) is 1. The molecule has 2 bridgehead atoms. The van der Waals surface area contributed by atoms with Gasteiger partial charge in [-0.05, 0) is 74.8 Å². The van der Waals surface area contributed by atoms with E-state index in [0.29, 0.717) is 11.1 Å². The number of ether oxygens (including phenoxy) is 1. The number of hydrogen-bond acceptors (Lipinski definition) is 9. The van der Waals surface area contributed by atoms with Crippen molar-refractivity contribution in [3.05, 3.63) is 89.8 Å². The van der Waals surface area contributed by atoms with Crippen LogP contribution < -0.4 is 5.32 Å². The summed E-state index contributed by atoms with van der Waals surface area (Å²) in [6, 6.07) is 15.1. The van der Waals surface area contributed by atoms with Gasteiger partial charge in [-0.15, -0.1) is 0 Å². The van der Waals surface area contributed by atoms with Gasteiger partial charge in [0.2, 0.25) is 0 Å². The molecule has 3 saturated carbocycles. The van der Waals surface area contributed by atoms with E-state index in [4.69, 9.17) is 4.74 Å². The minimum atomic E-state index is -4.21. The number of benzene rings is 2. The van der Waals surface area contributed by atoms with Crippen LogP contribution in [0.3, 0.4) is 0 Å².